The molecule has 0 fully saturated rings. The summed E-state index contributed by atoms with van der Waals surface area (Å²) in [6, 6.07) is 16.8. The fourth-order valence-corrected chi connectivity index (χ4v) is 3.71. The predicted octanol–water partition coefficient (Wildman–Crippen LogP) is 7.78. The second-order valence-electron chi connectivity index (χ2n) is 7.76. The van der Waals surface area contributed by atoms with Crippen LogP contribution in [0.25, 0.3) is 22.5 Å². The maximum absolute atomic E-state index is 4.54. The Hall–Kier alpha value is -2.13. The van der Waals surface area contributed by atoms with Gasteiger partial charge in [-0.15, -0.1) is 12.6 Å². The number of rotatable bonds is 11. The number of benzene rings is 2. The smallest absolute Gasteiger partial charge is 0.159 e. The molecule has 1 aromatic heterocycles. The van der Waals surface area contributed by atoms with E-state index in [2.05, 4.69) is 53.8 Å². The van der Waals surface area contributed by atoms with Crippen LogP contribution in [0.2, 0.25) is 0 Å². The highest BCUT2D eigenvalue weighted by Crippen LogP contribution is 2.22. The molecule has 0 radical (unpaired) electrons. The molecule has 0 aliphatic heterocycles. The second-order valence-corrected chi connectivity index (χ2v) is 8.28. The molecule has 2 nitrogen and oxygen atoms in total. The summed E-state index contributed by atoms with van der Waals surface area (Å²) in [5, 5.41) is 0. The van der Waals surface area contributed by atoms with Crippen molar-refractivity contribution >= 4 is 12.6 Å². The zero-order valence-corrected chi connectivity index (χ0v) is 18.4. The van der Waals surface area contributed by atoms with Gasteiger partial charge in [0.15, 0.2) is 5.82 Å². The van der Waals surface area contributed by atoms with E-state index >= 15 is 0 Å². The van der Waals surface area contributed by atoms with E-state index in [1.165, 1.54) is 68.9 Å². The van der Waals surface area contributed by atoms with Crippen LogP contribution in [0.1, 0.15) is 63.9 Å². The SMILES string of the molecule is CCCCCCCCCCc1ccc(-c2cnc(-c3ccc(S)cc3)nc2)cc1. The molecule has 0 aliphatic carbocycles. The molecule has 3 aromatic rings. The molecule has 3 rings (SSSR count). The van der Waals surface area contributed by atoms with Crippen molar-refractivity contribution in [1.29, 1.82) is 0 Å². The van der Waals surface area contributed by atoms with Gasteiger partial charge in [0.25, 0.3) is 0 Å². The molecule has 29 heavy (non-hydrogen) atoms. The molecule has 0 bridgehead atoms. The van der Waals surface area contributed by atoms with Gasteiger partial charge in [-0.1, -0.05) is 88.3 Å². The first kappa shape index (κ1) is 21.6. The van der Waals surface area contributed by atoms with Crippen LogP contribution in [0.5, 0.6) is 0 Å². The minimum Gasteiger partial charge on any atom is -0.236 e. The van der Waals surface area contributed by atoms with Crippen molar-refractivity contribution in [2.45, 2.75) is 69.6 Å². The average molecular weight is 405 g/mol. The number of unbranched alkanes of at least 4 members (excludes halogenated alkanes) is 7. The van der Waals surface area contributed by atoms with E-state index < -0.39 is 0 Å². The van der Waals surface area contributed by atoms with E-state index in [4.69, 9.17) is 0 Å². The fourth-order valence-electron chi connectivity index (χ4n) is 3.56. The highest BCUT2D eigenvalue weighted by molar-refractivity contribution is 7.80. The maximum atomic E-state index is 4.54. The topological polar surface area (TPSA) is 25.8 Å². The highest BCUT2D eigenvalue weighted by Gasteiger charge is 2.04. The molecule has 0 spiro atoms. The monoisotopic (exact) mass is 404 g/mol. The van der Waals surface area contributed by atoms with E-state index in [1.807, 2.05) is 36.7 Å². The van der Waals surface area contributed by atoms with Crippen LogP contribution in [0.3, 0.4) is 0 Å². The number of aromatic nitrogens is 2. The average Bonchev–Trinajstić information content (AvgIpc) is 2.77. The van der Waals surface area contributed by atoms with E-state index in [9.17, 15) is 0 Å². The van der Waals surface area contributed by atoms with Crippen molar-refractivity contribution in [2.75, 3.05) is 0 Å². The first-order valence-electron chi connectivity index (χ1n) is 11.0. The van der Waals surface area contributed by atoms with E-state index in [-0.39, 0.29) is 0 Å². The van der Waals surface area contributed by atoms with Crippen LogP contribution >= 0.6 is 12.6 Å². The molecule has 0 N–H and O–H groups in total. The second kappa shape index (κ2) is 11.8. The summed E-state index contributed by atoms with van der Waals surface area (Å²) in [5.41, 5.74) is 4.65. The van der Waals surface area contributed by atoms with Crippen molar-refractivity contribution in [3.63, 3.8) is 0 Å². The Balaban J connectivity index is 1.46. The Kier molecular flexibility index (Phi) is 8.76. The molecular formula is C26H32N2S. The van der Waals surface area contributed by atoms with Gasteiger partial charge in [-0.3, -0.25) is 0 Å². The molecule has 1 heterocycles. The third-order valence-corrected chi connectivity index (χ3v) is 5.68. The van der Waals surface area contributed by atoms with Gasteiger partial charge in [0.1, 0.15) is 0 Å². The highest BCUT2D eigenvalue weighted by atomic mass is 32.1. The Morgan fingerprint density at radius 3 is 1.79 bits per heavy atom. The maximum Gasteiger partial charge on any atom is 0.159 e. The van der Waals surface area contributed by atoms with Gasteiger partial charge in [0, 0.05) is 28.4 Å². The summed E-state index contributed by atoms with van der Waals surface area (Å²) in [7, 11) is 0. The van der Waals surface area contributed by atoms with Gasteiger partial charge in [-0.05, 0) is 36.1 Å². The Morgan fingerprint density at radius 2 is 1.17 bits per heavy atom. The molecule has 2 aromatic carbocycles. The van der Waals surface area contributed by atoms with Gasteiger partial charge < -0.3 is 0 Å². The minimum absolute atomic E-state index is 0.744. The van der Waals surface area contributed by atoms with Crippen molar-refractivity contribution in [3.05, 3.63) is 66.5 Å². The number of thiol groups is 1. The van der Waals surface area contributed by atoms with Crippen molar-refractivity contribution in [1.82, 2.24) is 9.97 Å². The number of hydrogen-bond donors (Lipinski definition) is 1. The normalized spacial score (nSPS) is 11.0. The molecule has 0 atom stereocenters. The lowest BCUT2D eigenvalue weighted by Crippen LogP contribution is -1.91. The van der Waals surface area contributed by atoms with Crippen LogP contribution in [-0.4, -0.2) is 9.97 Å². The lowest BCUT2D eigenvalue weighted by Gasteiger charge is -2.06. The largest absolute Gasteiger partial charge is 0.236 e. The van der Waals surface area contributed by atoms with Crippen LogP contribution in [0, 0.1) is 0 Å². The van der Waals surface area contributed by atoms with Crippen molar-refractivity contribution < 1.29 is 0 Å². The van der Waals surface area contributed by atoms with Gasteiger partial charge >= 0.3 is 0 Å². The third-order valence-electron chi connectivity index (χ3n) is 5.38. The van der Waals surface area contributed by atoms with E-state index in [0.29, 0.717) is 0 Å². The lowest BCUT2D eigenvalue weighted by molar-refractivity contribution is 0.575. The standard InChI is InChI=1S/C26H32N2S/c1-2-3-4-5-6-7-8-9-10-21-11-13-22(14-12-21)24-19-27-26(28-20-24)23-15-17-25(29)18-16-23/h11-20,29H,2-10H2,1H3. The van der Waals surface area contributed by atoms with E-state index in [0.717, 1.165) is 21.8 Å². The van der Waals surface area contributed by atoms with Gasteiger partial charge in [-0.2, -0.15) is 0 Å². The van der Waals surface area contributed by atoms with Crippen molar-refractivity contribution in [2.24, 2.45) is 0 Å². The molecule has 0 saturated carbocycles. The summed E-state index contributed by atoms with van der Waals surface area (Å²) in [4.78, 5) is 10.0. The first-order valence-corrected chi connectivity index (χ1v) is 11.4. The number of hydrogen-bond acceptors (Lipinski definition) is 3. The van der Waals surface area contributed by atoms with Crippen molar-refractivity contribution in [3.8, 4) is 22.5 Å². The Morgan fingerprint density at radius 1 is 0.621 bits per heavy atom. The molecule has 3 heteroatoms. The van der Waals surface area contributed by atoms with Crippen LogP contribution in [-0.2, 0) is 6.42 Å². The molecule has 0 aliphatic rings. The molecule has 0 unspecified atom stereocenters. The molecular weight excluding hydrogens is 372 g/mol. The van der Waals surface area contributed by atoms with Crippen LogP contribution in [0.4, 0.5) is 0 Å². The summed E-state index contributed by atoms with van der Waals surface area (Å²) in [6.45, 7) is 2.27. The van der Waals surface area contributed by atoms with Crippen LogP contribution in [0.15, 0.2) is 65.8 Å². The number of aryl methyl sites for hydroxylation is 1. The lowest BCUT2D eigenvalue weighted by atomic mass is 10.0. The predicted molar refractivity (Wildman–Crippen MR) is 126 cm³/mol. The zero-order chi connectivity index (χ0) is 20.3. The third kappa shape index (κ3) is 7.01. The van der Waals surface area contributed by atoms with Gasteiger partial charge in [0.2, 0.25) is 0 Å². The van der Waals surface area contributed by atoms with Gasteiger partial charge in [0.05, 0.1) is 0 Å². The summed E-state index contributed by atoms with van der Waals surface area (Å²) in [6.07, 6.45) is 15.9. The minimum atomic E-state index is 0.744. The molecule has 0 saturated heterocycles. The number of nitrogens with zero attached hydrogens (tertiary/aromatic N) is 2. The Bertz CT molecular complexity index is 839. The Labute approximate surface area is 181 Å². The van der Waals surface area contributed by atoms with Gasteiger partial charge in [-0.25, -0.2) is 9.97 Å². The summed E-state index contributed by atoms with van der Waals surface area (Å²) < 4.78 is 0. The quantitative estimate of drug-likeness (QED) is 0.261. The first-order chi connectivity index (χ1) is 14.3. The van der Waals surface area contributed by atoms with Crippen LogP contribution < -0.4 is 0 Å². The summed E-state index contributed by atoms with van der Waals surface area (Å²) in [5.74, 6) is 0.744. The zero-order valence-electron chi connectivity index (χ0n) is 17.5. The fraction of sp³-hybridized carbons (Fsp3) is 0.385. The molecule has 0 amide bonds. The molecule has 152 valence electrons. The van der Waals surface area contributed by atoms with E-state index in [1.54, 1.807) is 0 Å². The summed E-state index contributed by atoms with van der Waals surface area (Å²) >= 11 is 4.32.